The van der Waals surface area contributed by atoms with Crippen LogP contribution >= 0.6 is 0 Å². The van der Waals surface area contributed by atoms with E-state index in [9.17, 15) is 4.79 Å². The minimum Gasteiger partial charge on any atom is -0.299 e. The molecule has 0 unspecified atom stereocenters. The molecule has 1 aromatic rings. The fourth-order valence-corrected chi connectivity index (χ4v) is 2.51. The quantitative estimate of drug-likeness (QED) is 0.696. The van der Waals surface area contributed by atoms with Gasteiger partial charge in [-0.3, -0.25) is 4.79 Å². The molecule has 0 amide bonds. The molecule has 1 aromatic carbocycles. The fourth-order valence-electron chi connectivity index (χ4n) is 2.51. The van der Waals surface area contributed by atoms with E-state index in [0.717, 1.165) is 25.7 Å². The van der Waals surface area contributed by atoms with E-state index in [-0.39, 0.29) is 0 Å². The second-order valence-corrected chi connectivity index (χ2v) is 5.25. The lowest BCUT2D eigenvalue weighted by Gasteiger charge is -2.11. The molecule has 2 rings (SSSR count). The van der Waals surface area contributed by atoms with Crippen molar-refractivity contribution in [2.75, 3.05) is 0 Å². The van der Waals surface area contributed by atoms with Crippen LogP contribution in [0.5, 0.6) is 0 Å². The summed E-state index contributed by atoms with van der Waals surface area (Å²) in [5.41, 5.74) is 7.27. The predicted molar refractivity (Wildman–Crippen MR) is 79.9 cm³/mol. The van der Waals surface area contributed by atoms with Gasteiger partial charge in [-0.05, 0) is 36.8 Å². The van der Waals surface area contributed by atoms with Crippen LogP contribution in [0.25, 0.3) is 5.57 Å². The maximum atomic E-state index is 11.5. The number of hydrogen-bond donors (Lipinski definition) is 0. The first kappa shape index (κ1) is 13.8. The van der Waals surface area contributed by atoms with Crippen molar-refractivity contribution < 1.29 is 4.79 Å². The van der Waals surface area contributed by atoms with Crippen molar-refractivity contribution in [3.8, 4) is 0 Å². The molecule has 0 N–H and O–H groups in total. The van der Waals surface area contributed by atoms with Crippen molar-refractivity contribution in [1.82, 2.24) is 0 Å². The monoisotopic (exact) mass is 254 g/mol. The van der Waals surface area contributed by atoms with Crippen molar-refractivity contribution in [3.05, 3.63) is 47.2 Å². The molecule has 1 aliphatic carbocycles. The molecule has 1 heteroatoms. The standard InChI is InChI=1S/C18H22O/c1-2-3-9-17(16-10-5-4-6-11-16)13-15-8-7-12-18(19)14-15/h4-6,10-11H,2-3,7-9,12,14H2,1H3. The van der Waals surface area contributed by atoms with Crippen LogP contribution < -0.4 is 0 Å². The van der Waals surface area contributed by atoms with E-state index in [4.69, 9.17) is 0 Å². The third-order valence-electron chi connectivity index (χ3n) is 3.57. The summed E-state index contributed by atoms with van der Waals surface area (Å²) in [5.74, 6) is 0.372. The highest BCUT2D eigenvalue weighted by Crippen LogP contribution is 2.24. The Balaban J connectivity index is 2.31. The Morgan fingerprint density at radius 3 is 2.68 bits per heavy atom. The van der Waals surface area contributed by atoms with Crippen molar-refractivity contribution in [3.63, 3.8) is 0 Å². The van der Waals surface area contributed by atoms with Crippen molar-refractivity contribution >= 4 is 11.4 Å². The first-order valence-corrected chi connectivity index (χ1v) is 7.34. The van der Waals surface area contributed by atoms with Gasteiger partial charge in [0.05, 0.1) is 0 Å². The molecule has 1 aliphatic rings. The summed E-state index contributed by atoms with van der Waals surface area (Å²) in [5, 5.41) is 0. The topological polar surface area (TPSA) is 17.1 Å². The number of carbonyl (C=O) groups excluding carboxylic acids is 1. The SMILES string of the molecule is CCCCC(=C=C1CCCC(=O)C1)c1ccccc1. The summed E-state index contributed by atoms with van der Waals surface area (Å²) in [6, 6.07) is 10.5. The molecular formula is C18H22O. The Labute approximate surface area is 116 Å². The van der Waals surface area contributed by atoms with Crippen molar-refractivity contribution in [1.29, 1.82) is 0 Å². The van der Waals surface area contributed by atoms with Gasteiger partial charge >= 0.3 is 0 Å². The number of carbonyl (C=O) groups is 1. The van der Waals surface area contributed by atoms with Crippen molar-refractivity contribution in [2.24, 2.45) is 0 Å². The number of hydrogen-bond acceptors (Lipinski definition) is 1. The highest BCUT2D eigenvalue weighted by molar-refractivity contribution is 5.82. The predicted octanol–water partition coefficient (Wildman–Crippen LogP) is 4.93. The van der Waals surface area contributed by atoms with Crippen LogP contribution in [-0.4, -0.2) is 5.78 Å². The molecule has 0 heterocycles. The molecule has 0 aliphatic heterocycles. The van der Waals surface area contributed by atoms with E-state index in [1.807, 2.05) is 6.07 Å². The first-order chi connectivity index (χ1) is 9.29. The van der Waals surface area contributed by atoms with E-state index in [1.165, 1.54) is 29.6 Å². The van der Waals surface area contributed by atoms with Gasteiger partial charge in [0.1, 0.15) is 5.78 Å². The molecule has 1 saturated carbocycles. The molecule has 0 aromatic heterocycles. The third kappa shape index (κ3) is 4.22. The van der Waals surface area contributed by atoms with E-state index in [0.29, 0.717) is 12.2 Å². The highest BCUT2D eigenvalue weighted by atomic mass is 16.1. The van der Waals surface area contributed by atoms with E-state index in [1.54, 1.807) is 0 Å². The molecule has 0 bridgehead atoms. The number of rotatable bonds is 4. The Hall–Kier alpha value is -1.59. The lowest BCUT2D eigenvalue weighted by atomic mass is 9.92. The van der Waals surface area contributed by atoms with Crippen LogP contribution in [0, 0.1) is 0 Å². The first-order valence-electron chi connectivity index (χ1n) is 7.34. The number of allylic oxidation sites excluding steroid dienone is 1. The molecule has 0 radical (unpaired) electrons. The Bertz CT molecular complexity index is 490. The van der Waals surface area contributed by atoms with Gasteiger partial charge in [0.15, 0.2) is 0 Å². The summed E-state index contributed by atoms with van der Waals surface area (Å²) in [4.78, 5) is 11.5. The largest absolute Gasteiger partial charge is 0.299 e. The summed E-state index contributed by atoms with van der Waals surface area (Å²) in [6.07, 6.45) is 6.82. The summed E-state index contributed by atoms with van der Waals surface area (Å²) < 4.78 is 0. The maximum Gasteiger partial charge on any atom is 0.137 e. The zero-order chi connectivity index (χ0) is 13.5. The van der Waals surface area contributed by atoms with Gasteiger partial charge in [0.2, 0.25) is 0 Å². The number of Topliss-reactive ketones (excluding diaryl/α,β-unsaturated/α-hetero) is 1. The molecule has 0 saturated heterocycles. The molecule has 100 valence electrons. The van der Waals surface area contributed by atoms with Crippen LogP contribution in [0.4, 0.5) is 0 Å². The van der Waals surface area contributed by atoms with Crippen molar-refractivity contribution in [2.45, 2.75) is 51.9 Å². The minimum absolute atomic E-state index is 0.372. The van der Waals surface area contributed by atoms with Gasteiger partial charge in [-0.25, -0.2) is 0 Å². The molecule has 0 atom stereocenters. The van der Waals surface area contributed by atoms with Crippen LogP contribution in [0.3, 0.4) is 0 Å². The van der Waals surface area contributed by atoms with Crippen LogP contribution in [0.2, 0.25) is 0 Å². The normalized spacial score (nSPS) is 15.2. The van der Waals surface area contributed by atoms with E-state index < -0.39 is 0 Å². The molecule has 19 heavy (non-hydrogen) atoms. The third-order valence-corrected chi connectivity index (χ3v) is 3.57. The van der Waals surface area contributed by atoms with Gasteiger partial charge < -0.3 is 0 Å². The van der Waals surface area contributed by atoms with Gasteiger partial charge in [0.25, 0.3) is 0 Å². The van der Waals surface area contributed by atoms with E-state index >= 15 is 0 Å². The average Bonchev–Trinajstić information content (AvgIpc) is 2.44. The average molecular weight is 254 g/mol. The van der Waals surface area contributed by atoms with Crippen LogP contribution in [0.15, 0.2) is 41.6 Å². The van der Waals surface area contributed by atoms with Gasteiger partial charge in [-0.15, -0.1) is 5.73 Å². The molecule has 0 spiro atoms. The number of benzene rings is 1. The lowest BCUT2D eigenvalue weighted by Crippen LogP contribution is -2.05. The highest BCUT2D eigenvalue weighted by Gasteiger charge is 2.13. The molecule has 1 fully saturated rings. The fraction of sp³-hybridized carbons (Fsp3) is 0.444. The Morgan fingerprint density at radius 2 is 2.00 bits per heavy atom. The van der Waals surface area contributed by atoms with Gasteiger partial charge in [-0.2, -0.15) is 0 Å². The van der Waals surface area contributed by atoms with E-state index in [2.05, 4.69) is 36.9 Å². The maximum absolute atomic E-state index is 11.5. The van der Waals surface area contributed by atoms with Crippen LogP contribution in [-0.2, 0) is 4.79 Å². The lowest BCUT2D eigenvalue weighted by molar-refractivity contribution is -0.119. The summed E-state index contributed by atoms with van der Waals surface area (Å²) in [7, 11) is 0. The summed E-state index contributed by atoms with van der Waals surface area (Å²) >= 11 is 0. The Morgan fingerprint density at radius 1 is 1.21 bits per heavy atom. The minimum atomic E-state index is 0.372. The second kappa shape index (κ2) is 7.11. The number of unbranched alkanes of at least 4 members (excludes halogenated alkanes) is 1. The Kier molecular flexibility index (Phi) is 5.18. The zero-order valence-corrected chi connectivity index (χ0v) is 11.7. The van der Waals surface area contributed by atoms with Crippen LogP contribution in [0.1, 0.15) is 57.4 Å². The zero-order valence-electron chi connectivity index (χ0n) is 11.7. The molecule has 1 nitrogen and oxygen atoms in total. The summed E-state index contributed by atoms with van der Waals surface area (Å²) in [6.45, 7) is 2.21. The smallest absolute Gasteiger partial charge is 0.137 e. The second-order valence-electron chi connectivity index (χ2n) is 5.25. The van der Waals surface area contributed by atoms with Gasteiger partial charge in [0, 0.05) is 18.4 Å². The number of ketones is 1. The van der Waals surface area contributed by atoms with Gasteiger partial charge in [-0.1, -0.05) is 43.7 Å². The molecular weight excluding hydrogens is 232 g/mol.